The zero-order valence-corrected chi connectivity index (χ0v) is 9.56. The Labute approximate surface area is 106 Å². The summed E-state index contributed by atoms with van der Waals surface area (Å²) < 4.78 is 1.28. The van der Waals surface area contributed by atoms with Crippen LogP contribution in [-0.2, 0) is 0 Å². The first-order valence-electron chi connectivity index (χ1n) is 5.38. The van der Waals surface area contributed by atoms with E-state index in [1.165, 1.54) is 16.8 Å². The first-order valence-corrected chi connectivity index (χ1v) is 5.38. The number of rotatable bonds is 3. The molecule has 0 aliphatic carbocycles. The van der Waals surface area contributed by atoms with Gasteiger partial charge < -0.3 is 10.4 Å². The van der Waals surface area contributed by atoms with Crippen LogP contribution in [0.1, 0.15) is 10.4 Å². The summed E-state index contributed by atoms with van der Waals surface area (Å²) >= 11 is 0. The summed E-state index contributed by atoms with van der Waals surface area (Å²) in [5.74, 6) is -0.463. The molecule has 19 heavy (non-hydrogen) atoms. The molecular formula is C11H8N6O2. The van der Waals surface area contributed by atoms with Crippen molar-refractivity contribution in [3.05, 3.63) is 42.0 Å². The molecule has 0 amide bonds. The van der Waals surface area contributed by atoms with Crippen molar-refractivity contribution < 1.29 is 9.90 Å². The van der Waals surface area contributed by atoms with Crippen molar-refractivity contribution in [3.63, 3.8) is 0 Å². The molecule has 0 saturated carbocycles. The fraction of sp³-hybridized carbons (Fsp3) is 0. The molecule has 0 unspecified atom stereocenters. The minimum absolute atomic E-state index is 0.202. The van der Waals surface area contributed by atoms with Crippen molar-refractivity contribution in [1.29, 1.82) is 0 Å². The summed E-state index contributed by atoms with van der Waals surface area (Å²) in [4.78, 5) is 10.9. The molecule has 3 rings (SSSR count). The minimum Gasteiger partial charge on any atom is -0.478 e. The number of tetrazole rings is 1. The molecule has 0 aliphatic rings. The maximum atomic E-state index is 10.9. The number of benzene rings is 1. The molecule has 0 bridgehead atoms. The van der Waals surface area contributed by atoms with E-state index in [2.05, 4.69) is 25.9 Å². The predicted octanol–water partition coefficient (Wildman–Crippen LogP) is 0.961. The van der Waals surface area contributed by atoms with Gasteiger partial charge in [0.2, 0.25) is 0 Å². The lowest BCUT2D eigenvalue weighted by Gasteiger charge is -2.05. The van der Waals surface area contributed by atoms with Crippen LogP contribution in [0.2, 0.25) is 0 Å². The Hall–Kier alpha value is -3.03. The highest BCUT2D eigenvalue weighted by Crippen LogP contribution is 2.16. The van der Waals surface area contributed by atoms with E-state index in [0.29, 0.717) is 17.2 Å². The highest BCUT2D eigenvalue weighted by atomic mass is 16.4. The average molecular weight is 256 g/mol. The summed E-state index contributed by atoms with van der Waals surface area (Å²) in [7, 11) is 0. The lowest BCUT2D eigenvalue weighted by Crippen LogP contribution is -2.01. The second kappa shape index (κ2) is 4.33. The van der Waals surface area contributed by atoms with E-state index >= 15 is 0 Å². The number of carboxylic acids is 1. The molecule has 0 spiro atoms. The third kappa shape index (κ3) is 2.18. The van der Waals surface area contributed by atoms with Crippen LogP contribution in [0.5, 0.6) is 0 Å². The quantitative estimate of drug-likeness (QED) is 0.718. The van der Waals surface area contributed by atoms with Crippen LogP contribution in [0, 0.1) is 0 Å². The van der Waals surface area contributed by atoms with Crippen LogP contribution >= 0.6 is 0 Å². The van der Waals surface area contributed by atoms with E-state index in [1.807, 2.05) is 0 Å². The maximum Gasteiger partial charge on any atom is 0.335 e. The van der Waals surface area contributed by atoms with Gasteiger partial charge in [-0.25, -0.2) is 4.79 Å². The number of anilines is 2. The normalized spacial score (nSPS) is 10.5. The van der Waals surface area contributed by atoms with Gasteiger partial charge in [0.15, 0.2) is 11.5 Å². The summed E-state index contributed by atoms with van der Waals surface area (Å²) in [6.45, 7) is 0. The Morgan fingerprint density at radius 3 is 3.00 bits per heavy atom. The van der Waals surface area contributed by atoms with Gasteiger partial charge in [0.25, 0.3) is 0 Å². The van der Waals surface area contributed by atoms with E-state index in [0.717, 1.165) is 0 Å². The molecule has 0 saturated heterocycles. The topological polar surface area (TPSA) is 105 Å². The van der Waals surface area contributed by atoms with Gasteiger partial charge in [-0.1, -0.05) is 6.07 Å². The standard InChI is InChI=1S/C11H8N6O2/c18-11(19)7-2-1-3-8(6-7)12-9-4-5-10-13-15-16-17(10)14-9/h1-6H,(H,12,14)(H,18,19). The fourth-order valence-corrected chi connectivity index (χ4v) is 1.59. The molecule has 2 aromatic heterocycles. The Balaban J connectivity index is 1.91. The molecule has 0 aliphatic heterocycles. The second-order valence-electron chi connectivity index (χ2n) is 3.76. The van der Waals surface area contributed by atoms with Crippen molar-refractivity contribution in [3.8, 4) is 0 Å². The minimum atomic E-state index is -0.979. The second-order valence-corrected chi connectivity index (χ2v) is 3.76. The van der Waals surface area contributed by atoms with Crippen LogP contribution in [0.25, 0.3) is 5.65 Å². The van der Waals surface area contributed by atoms with Gasteiger partial charge in [0, 0.05) is 5.69 Å². The van der Waals surface area contributed by atoms with Gasteiger partial charge in [0.05, 0.1) is 5.56 Å². The fourth-order valence-electron chi connectivity index (χ4n) is 1.59. The molecule has 94 valence electrons. The lowest BCUT2D eigenvalue weighted by molar-refractivity contribution is 0.0697. The molecule has 0 atom stereocenters. The van der Waals surface area contributed by atoms with E-state index in [-0.39, 0.29) is 5.56 Å². The molecule has 0 radical (unpaired) electrons. The van der Waals surface area contributed by atoms with E-state index in [4.69, 9.17) is 5.11 Å². The largest absolute Gasteiger partial charge is 0.478 e. The molecule has 8 nitrogen and oxygen atoms in total. The summed E-state index contributed by atoms with van der Waals surface area (Å²) in [6.07, 6.45) is 0. The summed E-state index contributed by atoms with van der Waals surface area (Å²) in [5.41, 5.74) is 1.36. The third-order valence-electron chi connectivity index (χ3n) is 2.45. The number of hydrogen-bond acceptors (Lipinski definition) is 6. The summed E-state index contributed by atoms with van der Waals surface area (Å²) in [5, 5.41) is 26.9. The van der Waals surface area contributed by atoms with Crippen molar-refractivity contribution in [2.75, 3.05) is 5.32 Å². The highest BCUT2D eigenvalue weighted by molar-refractivity contribution is 5.89. The number of nitrogens with one attached hydrogen (secondary N) is 1. The number of fused-ring (bicyclic) bond motifs is 1. The van der Waals surface area contributed by atoms with Gasteiger partial charge in [-0.15, -0.1) is 14.8 Å². The number of carboxylic acid groups (broad SMARTS) is 1. The first kappa shape index (κ1) is 11.1. The van der Waals surface area contributed by atoms with Gasteiger partial charge in [0.1, 0.15) is 0 Å². The van der Waals surface area contributed by atoms with Gasteiger partial charge in [-0.2, -0.15) is 0 Å². The molecular weight excluding hydrogens is 248 g/mol. The van der Waals surface area contributed by atoms with Crippen molar-refractivity contribution in [1.82, 2.24) is 25.3 Å². The van der Waals surface area contributed by atoms with E-state index < -0.39 is 5.97 Å². The van der Waals surface area contributed by atoms with Gasteiger partial charge in [-0.05, 0) is 40.8 Å². The molecule has 0 fully saturated rings. The number of hydrogen-bond donors (Lipinski definition) is 2. The third-order valence-corrected chi connectivity index (χ3v) is 2.45. The van der Waals surface area contributed by atoms with Crippen molar-refractivity contribution in [2.24, 2.45) is 0 Å². The van der Waals surface area contributed by atoms with E-state index in [9.17, 15) is 4.79 Å². The molecule has 8 heteroatoms. The summed E-state index contributed by atoms with van der Waals surface area (Å²) in [6, 6.07) is 9.86. The average Bonchev–Trinajstić information content (AvgIpc) is 2.86. The Morgan fingerprint density at radius 1 is 1.26 bits per heavy atom. The number of aromatic nitrogens is 5. The van der Waals surface area contributed by atoms with Crippen molar-refractivity contribution >= 4 is 23.1 Å². The van der Waals surface area contributed by atoms with Crippen LogP contribution in [0.4, 0.5) is 11.5 Å². The van der Waals surface area contributed by atoms with Crippen LogP contribution in [0.3, 0.4) is 0 Å². The monoisotopic (exact) mass is 256 g/mol. The molecule has 2 N–H and O–H groups in total. The van der Waals surface area contributed by atoms with Gasteiger partial charge in [-0.3, -0.25) is 0 Å². The number of aromatic carboxylic acids is 1. The van der Waals surface area contributed by atoms with Crippen LogP contribution in [-0.4, -0.2) is 36.3 Å². The number of carbonyl (C=O) groups is 1. The van der Waals surface area contributed by atoms with Crippen LogP contribution < -0.4 is 5.32 Å². The lowest BCUT2D eigenvalue weighted by atomic mass is 10.2. The van der Waals surface area contributed by atoms with E-state index in [1.54, 1.807) is 24.3 Å². The zero-order chi connectivity index (χ0) is 13.2. The maximum absolute atomic E-state index is 10.9. The van der Waals surface area contributed by atoms with Crippen molar-refractivity contribution in [2.45, 2.75) is 0 Å². The Morgan fingerprint density at radius 2 is 2.16 bits per heavy atom. The smallest absolute Gasteiger partial charge is 0.335 e. The number of nitrogens with zero attached hydrogens (tertiary/aromatic N) is 5. The molecule has 1 aromatic carbocycles. The SMILES string of the molecule is O=C(O)c1cccc(Nc2ccc3nnnn3n2)c1. The predicted molar refractivity (Wildman–Crippen MR) is 65.3 cm³/mol. The zero-order valence-electron chi connectivity index (χ0n) is 9.56. The van der Waals surface area contributed by atoms with Gasteiger partial charge >= 0.3 is 5.97 Å². The Kier molecular flexibility index (Phi) is 2.53. The van der Waals surface area contributed by atoms with Crippen LogP contribution in [0.15, 0.2) is 36.4 Å². The first-order chi connectivity index (χ1) is 9.22. The molecule has 3 aromatic rings. The molecule has 2 heterocycles. The highest BCUT2D eigenvalue weighted by Gasteiger charge is 2.05. The Bertz CT molecular complexity index is 754.